The second-order valence-corrected chi connectivity index (χ2v) is 2.79. The molecule has 0 radical (unpaired) electrons. The van der Waals surface area contributed by atoms with Crippen molar-refractivity contribution in [1.82, 2.24) is 9.97 Å². The first-order valence-corrected chi connectivity index (χ1v) is 4.29. The number of aromatic nitrogens is 2. The summed E-state index contributed by atoms with van der Waals surface area (Å²) in [5.41, 5.74) is 7.68. The van der Waals surface area contributed by atoms with E-state index in [0.717, 1.165) is 23.6 Å². The summed E-state index contributed by atoms with van der Waals surface area (Å²) in [7, 11) is 0. The Hall–Kier alpha value is -1.42. The van der Waals surface area contributed by atoms with E-state index in [1.54, 1.807) is 0 Å². The molecule has 0 fully saturated rings. The van der Waals surface area contributed by atoms with Crippen LogP contribution in [0.4, 0.5) is 0 Å². The Morgan fingerprint density at radius 2 is 2.23 bits per heavy atom. The lowest BCUT2D eigenvalue weighted by molar-refractivity contribution is 0.538. The van der Waals surface area contributed by atoms with Gasteiger partial charge in [0.05, 0.1) is 5.69 Å². The monoisotopic (exact) mass is 177 g/mol. The van der Waals surface area contributed by atoms with Crippen LogP contribution in [0.2, 0.25) is 0 Å². The predicted octanol–water partition coefficient (Wildman–Crippen LogP) is 1.24. The predicted molar refractivity (Wildman–Crippen MR) is 49.1 cm³/mol. The number of nitrogens with two attached hydrogens (primary N) is 1. The molecule has 0 unspecified atom stereocenters. The van der Waals surface area contributed by atoms with Crippen molar-refractivity contribution in [2.45, 2.75) is 19.9 Å². The standard InChI is InChI=1S/C9H11N3O/c1-2-8-12-9-7(13-8)4-3-6(5-10)11-9/h3-4H,2,5,10H2,1H3. The zero-order valence-corrected chi connectivity index (χ0v) is 7.45. The summed E-state index contributed by atoms with van der Waals surface area (Å²) in [6, 6.07) is 3.71. The molecule has 2 aromatic rings. The third-order valence-electron chi connectivity index (χ3n) is 1.87. The van der Waals surface area contributed by atoms with Crippen molar-refractivity contribution in [3.63, 3.8) is 0 Å². The molecule has 2 N–H and O–H groups in total. The quantitative estimate of drug-likeness (QED) is 0.749. The summed E-state index contributed by atoms with van der Waals surface area (Å²) in [6.07, 6.45) is 0.786. The van der Waals surface area contributed by atoms with Gasteiger partial charge in [0.15, 0.2) is 17.1 Å². The lowest BCUT2D eigenvalue weighted by Crippen LogP contribution is -1.98. The van der Waals surface area contributed by atoms with Gasteiger partial charge >= 0.3 is 0 Å². The lowest BCUT2D eigenvalue weighted by Gasteiger charge is -1.91. The van der Waals surface area contributed by atoms with Crippen LogP contribution in [0.15, 0.2) is 16.5 Å². The van der Waals surface area contributed by atoms with Crippen LogP contribution in [0.5, 0.6) is 0 Å². The maximum atomic E-state index is 5.46. The van der Waals surface area contributed by atoms with Gasteiger partial charge in [-0.2, -0.15) is 4.98 Å². The minimum Gasteiger partial charge on any atom is -0.439 e. The fraction of sp³-hybridized carbons (Fsp3) is 0.333. The van der Waals surface area contributed by atoms with Crippen molar-refractivity contribution in [2.75, 3.05) is 0 Å². The molecule has 0 amide bonds. The molecule has 0 bridgehead atoms. The van der Waals surface area contributed by atoms with Gasteiger partial charge in [-0.15, -0.1) is 0 Å². The summed E-state index contributed by atoms with van der Waals surface area (Å²) in [4.78, 5) is 8.44. The van der Waals surface area contributed by atoms with Crippen molar-refractivity contribution >= 4 is 11.2 Å². The molecule has 4 nitrogen and oxygen atoms in total. The van der Waals surface area contributed by atoms with E-state index in [4.69, 9.17) is 10.2 Å². The maximum absolute atomic E-state index is 5.46. The molecule has 13 heavy (non-hydrogen) atoms. The summed E-state index contributed by atoms with van der Waals surface area (Å²) in [6.45, 7) is 2.43. The van der Waals surface area contributed by atoms with Crippen LogP contribution >= 0.6 is 0 Å². The number of oxazole rings is 1. The molecule has 2 rings (SSSR count). The molecule has 0 aliphatic heterocycles. The topological polar surface area (TPSA) is 64.9 Å². The van der Waals surface area contributed by atoms with E-state index >= 15 is 0 Å². The minimum absolute atomic E-state index is 0.435. The molecule has 2 heterocycles. The SMILES string of the molecule is CCc1nc2nc(CN)ccc2o1. The number of hydrogen-bond donors (Lipinski definition) is 1. The van der Waals surface area contributed by atoms with Crippen molar-refractivity contribution in [1.29, 1.82) is 0 Å². The van der Waals surface area contributed by atoms with Crippen LogP contribution in [0.3, 0.4) is 0 Å². The second-order valence-electron chi connectivity index (χ2n) is 2.79. The number of pyridine rings is 1. The van der Waals surface area contributed by atoms with Crippen LogP contribution in [0, 0.1) is 0 Å². The van der Waals surface area contributed by atoms with Gasteiger partial charge in [-0.3, -0.25) is 0 Å². The number of nitrogens with zero attached hydrogens (tertiary/aromatic N) is 2. The molecule has 2 aromatic heterocycles. The highest BCUT2D eigenvalue weighted by atomic mass is 16.3. The molecule has 0 atom stereocenters. The first-order chi connectivity index (χ1) is 6.33. The van der Waals surface area contributed by atoms with Gasteiger partial charge in [-0.25, -0.2) is 4.98 Å². The largest absolute Gasteiger partial charge is 0.439 e. The number of aryl methyl sites for hydroxylation is 1. The molecule has 0 saturated heterocycles. The average Bonchev–Trinajstić information content (AvgIpc) is 2.58. The minimum atomic E-state index is 0.435. The van der Waals surface area contributed by atoms with E-state index < -0.39 is 0 Å². The first kappa shape index (κ1) is 8.19. The smallest absolute Gasteiger partial charge is 0.199 e. The van der Waals surface area contributed by atoms with E-state index in [1.165, 1.54) is 0 Å². The molecule has 68 valence electrons. The van der Waals surface area contributed by atoms with Gasteiger partial charge < -0.3 is 10.2 Å². The highest BCUT2D eigenvalue weighted by Gasteiger charge is 2.04. The molecule has 0 aliphatic carbocycles. The Kier molecular flexibility index (Phi) is 1.98. The third kappa shape index (κ3) is 1.40. The lowest BCUT2D eigenvalue weighted by atomic mass is 10.3. The Morgan fingerprint density at radius 1 is 1.38 bits per heavy atom. The molecule has 0 spiro atoms. The van der Waals surface area contributed by atoms with E-state index in [9.17, 15) is 0 Å². The number of fused-ring (bicyclic) bond motifs is 1. The summed E-state index contributed by atoms with van der Waals surface area (Å²) >= 11 is 0. The Morgan fingerprint density at radius 3 is 2.92 bits per heavy atom. The molecule has 0 aromatic carbocycles. The summed E-state index contributed by atoms with van der Waals surface area (Å²) in [5, 5.41) is 0. The Balaban J connectivity index is 2.57. The molecule has 4 heteroatoms. The van der Waals surface area contributed by atoms with Gasteiger partial charge in [-0.1, -0.05) is 6.92 Å². The van der Waals surface area contributed by atoms with Crippen LogP contribution in [0.1, 0.15) is 18.5 Å². The van der Waals surface area contributed by atoms with E-state index in [1.807, 2.05) is 19.1 Å². The summed E-state index contributed by atoms with van der Waals surface area (Å²) in [5.74, 6) is 0.719. The molecular formula is C9H11N3O. The highest BCUT2D eigenvalue weighted by molar-refractivity contribution is 5.67. The highest BCUT2D eigenvalue weighted by Crippen LogP contribution is 2.13. The fourth-order valence-corrected chi connectivity index (χ4v) is 1.17. The van der Waals surface area contributed by atoms with Crippen molar-refractivity contribution in [3.05, 3.63) is 23.7 Å². The van der Waals surface area contributed by atoms with Gasteiger partial charge in [0.2, 0.25) is 0 Å². The molecule has 0 aliphatic rings. The van der Waals surface area contributed by atoms with Gasteiger partial charge in [0.25, 0.3) is 0 Å². The van der Waals surface area contributed by atoms with Gasteiger partial charge in [-0.05, 0) is 12.1 Å². The van der Waals surface area contributed by atoms with Gasteiger partial charge in [0.1, 0.15) is 0 Å². The number of hydrogen-bond acceptors (Lipinski definition) is 4. The third-order valence-corrected chi connectivity index (χ3v) is 1.87. The Bertz CT molecular complexity index is 420. The number of rotatable bonds is 2. The first-order valence-electron chi connectivity index (χ1n) is 4.29. The van der Waals surface area contributed by atoms with Crippen LogP contribution in [0.25, 0.3) is 11.2 Å². The zero-order valence-electron chi connectivity index (χ0n) is 7.45. The van der Waals surface area contributed by atoms with Crippen LogP contribution in [-0.4, -0.2) is 9.97 Å². The van der Waals surface area contributed by atoms with Gasteiger partial charge in [0, 0.05) is 13.0 Å². The zero-order chi connectivity index (χ0) is 9.26. The van der Waals surface area contributed by atoms with Crippen LogP contribution in [-0.2, 0) is 13.0 Å². The van der Waals surface area contributed by atoms with Crippen molar-refractivity contribution < 1.29 is 4.42 Å². The fourth-order valence-electron chi connectivity index (χ4n) is 1.17. The van der Waals surface area contributed by atoms with Crippen molar-refractivity contribution in [2.24, 2.45) is 5.73 Å². The Labute approximate surface area is 75.8 Å². The normalized spacial score (nSPS) is 10.9. The summed E-state index contributed by atoms with van der Waals surface area (Å²) < 4.78 is 5.40. The van der Waals surface area contributed by atoms with Crippen molar-refractivity contribution in [3.8, 4) is 0 Å². The average molecular weight is 177 g/mol. The van der Waals surface area contributed by atoms with E-state index in [0.29, 0.717) is 12.2 Å². The molecular weight excluding hydrogens is 166 g/mol. The second kappa shape index (κ2) is 3.14. The van der Waals surface area contributed by atoms with E-state index in [-0.39, 0.29) is 0 Å². The van der Waals surface area contributed by atoms with E-state index in [2.05, 4.69) is 9.97 Å². The maximum Gasteiger partial charge on any atom is 0.199 e. The molecule has 0 saturated carbocycles. The van der Waals surface area contributed by atoms with Crippen LogP contribution < -0.4 is 5.73 Å².